The summed E-state index contributed by atoms with van der Waals surface area (Å²) in [6.07, 6.45) is 5.54. The van der Waals surface area contributed by atoms with Crippen molar-refractivity contribution in [2.45, 2.75) is 46.7 Å². The summed E-state index contributed by atoms with van der Waals surface area (Å²) in [5, 5.41) is 3.57. The lowest BCUT2D eigenvalue weighted by Crippen LogP contribution is -2.25. The summed E-state index contributed by atoms with van der Waals surface area (Å²) >= 11 is 1.76. The lowest BCUT2D eigenvalue weighted by atomic mass is 9.98. The van der Waals surface area contributed by atoms with Gasteiger partial charge >= 0.3 is 0 Å². The van der Waals surface area contributed by atoms with Crippen molar-refractivity contribution in [3.63, 3.8) is 0 Å². The molecular formula is C16H25N3S. The molecule has 4 heteroatoms. The standard InChI is InChI=1S/C16H25N3S/c1-5-17-16(12(2)3)14-6-8-19(10-14)9-7-15-13(4)18-11-20-15/h6,8,10-12,16-17H,5,7,9H2,1-4H3. The fraction of sp³-hybridized carbons (Fsp3) is 0.562. The zero-order valence-corrected chi connectivity index (χ0v) is 13.7. The van der Waals surface area contributed by atoms with E-state index in [1.165, 1.54) is 16.1 Å². The van der Waals surface area contributed by atoms with Crippen LogP contribution >= 0.6 is 11.3 Å². The molecule has 0 aliphatic rings. The molecule has 0 aromatic carbocycles. The molecule has 0 aliphatic heterocycles. The van der Waals surface area contributed by atoms with Crippen molar-refractivity contribution in [3.8, 4) is 0 Å². The van der Waals surface area contributed by atoms with Crippen LogP contribution in [0.15, 0.2) is 24.0 Å². The van der Waals surface area contributed by atoms with Gasteiger partial charge < -0.3 is 9.88 Å². The summed E-state index contributed by atoms with van der Waals surface area (Å²) in [5.74, 6) is 0.606. The first-order valence-electron chi connectivity index (χ1n) is 7.39. The molecule has 0 saturated carbocycles. The van der Waals surface area contributed by atoms with Crippen LogP contribution in [-0.4, -0.2) is 16.1 Å². The van der Waals surface area contributed by atoms with Gasteiger partial charge in [-0.25, -0.2) is 4.98 Å². The van der Waals surface area contributed by atoms with E-state index in [1.807, 2.05) is 5.51 Å². The number of hydrogen-bond acceptors (Lipinski definition) is 3. The second kappa shape index (κ2) is 7.04. The van der Waals surface area contributed by atoms with E-state index in [9.17, 15) is 0 Å². The molecule has 2 aromatic heterocycles. The van der Waals surface area contributed by atoms with Crippen molar-refractivity contribution in [3.05, 3.63) is 40.1 Å². The smallest absolute Gasteiger partial charge is 0.0797 e. The first-order chi connectivity index (χ1) is 9.61. The highest BCUT2D eigenvalue weighted by Crippen LogP contribution is 2.22. The molecule has 2 heterocycles. The zero-order chi connectivity index (χ0) is 14.5. The molecule has 0 amide bonds. The van der Waals surface area contributed by atoms with E-state index < -0.39 is 0 Å². The third-order valence-corrected chi connectivity index (χ3v) is 4.66. The minimum absolute atomic E-state index is 0.450. The Morgan fingerprint density at radius 3 is 2.80 bits per heavy atom. The molecule has 0 saturated heterocycles. The summed E-state index contributed by atoms with van der Waals surface area (Å²) < 4.78 is 2.29. The first-order valence-corrected chi connectivity index (χ1v) is 8.27. The number of thiazole rings is 1. The minimum atomic E-state index is 0.450. The molecule has 2 rings (SSSR count). The minimum Gasteiger partial charge on any atom is -0.354 e. The topological polar surface area (TPSA) is 29.9 Å². The molecule has 1 unspecified atom stereocenters. The van der Waals surface area contributed by atoms with E-state index in [1.54, 1.807) is 11.3 Å². The van der Waals surface area contributed by atoms with E-state index in [0.29, 0.717) is 12.0 Å². The lowest BCUT2D eigenvalue weighted by molar-refractivity contribution is 0.421. The molecule has 20 heavy (non-hydrogen) atoms. The van der Waals surface area contributed by atoms with Crippen molar-refractivity contribution in [1.82, 2.24) is 14.9 Å². The maximum Gasteiger partial charge on any atom is 0.0797 e. The van der Waals surface area contributed by atoms with E-state index >= 15 is 0 Å². The molecule has 110 valence electrons. The lowest BCUT2D eigenvalue weighted by Gasteiger charge is -2.20. The second-order valence-corrected chi connectivity index (χ2v) is 6.51. The SMILES string of the molecule is CCNC(c1ccn(CCc2scnc2C)c1)C(C)C. The van der Waals surface area contributed by atoms with Crippen LogP contribution in [-0.2, 0) is 13.0 Å². The van der Waals surface area contributed by atoms with Gasteiger partial charge in [0, 0.05) is 36.3 Å². The predicted octanol–water partition coefficient (Wildman–Crippen LogP) is 3.80. The summed E-state index contributed by atoms with van der Waals surface area (Å²) in [4.78, 5) is 5.70. The van der Waals surface area contributed by atoms with Crippen molar-refractivity contribution in [2.75, 3.05) is 6.54 Å². The molecule has 0 bridgehead atoms. The Bertz CT molecular complexity index is 527. The third kappa shape index (κ3) is 3.70. The highest BCUT2D eigenvalue weighted by atomic mass is 32.1. The van der Waals surface area contributed by atoms with Crippen LogP contribution in [0.25, 0.3) is 0 Å². The fourth-order valence-corrected chi connectivity index (χ4v) is 3.31. The molecule has 0 spiro atoms. The quantitative estimate of drug-likeness (QED) is 0.841. The van der Waals surface area contributed by atoms with Gasteiger partial charge in [-0.3, -0.25) is 0 Å². The van der Waals surface area contributed by atoms with Gasteiger partial charge in [-0.15, -0.1) is 11.3 Å². The Kier molecular flexibility index (Phi) is 5.38. The van der Waals surface area contributed by atoms with Crippen molar-refractivity contribution in [2.24, 2.45) is 5.92 Å². The van der Waals surface area contributed by atoms with Crippen LogP contribution in [0, 0.1) is 12.8 Å². The summed E-state index contributed by atoms with van der Waals surface area (Å²) in [5.41, 5.74) is 4.50. The van der Waals surface area contributed by atoms with Crippen LogP contribution in [0.1, 0.15) is 42.9 Å². The Labute approximate surface area is 126 Å². The molecule has 2 aromatic rings. The number of rotatable bonds is 7. The van der Waals surface area contributed by atoms with Crippen LogP contribution in [0.3, 0.4) is 0 Å². The molecule has 0 radical (unpaired) electrons. The van der Waals surface area contributed by atoms with E-state index in [2.05, 4.69) is 61.0 Å². The second-order valence-electron chi connectivity index (χ2n) is 5.57. The Balaban J connectivity index is 1.99. The number of nitrogens with one attached hydrogen (secondary N) is 1. The predicted molar refractivity (Wildman–Crippen MR) is 86.2 cm³/mol. The van der Waals surface area contributed by atoms with E-state index in [0.717, 1.165) is 19.5 Å². The van der Waals surface area contributed by atoms with Crippen molar-refractivity contribution < 1.29 is 0 Å². The van der Waals surface area contributed by atoms with Gasteiger partial charge in [0.15, 0.2) is 0 Å². The average molecular weight is 291 g/mol. The van der Waals surface area contributed by atoms with E-state index in [4.69, 9.17) is 0 Å². The van der Waals surface area contributed by atoms with E-state index in [-0.39, 0.29) is 0 Å². The van der Waals surface area contributed by atoms with Crippen LogP contribution in [0.2, 0.25) is 0 Å². The van der Waals surface area contributed by atoms with Gasteiger partial charge in [-0.1, -0.05) is 20.8 Å². The fourth-order valence-electron chi connectivity index (χ4n) is 2.54. The first kappa shape index (κ1) is 15.3. The Morgan fingerprint density at radius 2 is 2.20 bits per heavy atom. The molecule has 3 nitrogen and oxygen atoms in total. The molecule has 1 N–H and O–H groups in total. The summed E-state index contributed by atoms with van der Waals surface area (Å²) in [6, 6.07) is 2.69. The zero-order valence-electron chi connectivity index (χ0n) is 12.9. The highest BCUT2D eigenvalue weighted by molar-refractivity contribution is 7.09. The number of hydrogen-bond donors (Lipinski definition) is 1. The Morgan fingerprint density at radius 1 is 1.40 bits per heavy atom. The van der Waals surface area contributed by atoms with Gasteiger partial charge in [0.05, 0.1) is 11.2 Å². The number of aromatic nitrogens is 2. The highest BCUT2D eigenvalue weighted by Gasteiger charge is 2.15. The van der Waals surface area contributed by atoms with Gasteiger partial charge in [0.25, 0.3) is 0 Å². The summed E-state index contributed by atoms with van der Waals surface area (Å²) in [7, 11) is 0. The number of nitrogens with zero attached hydrogens (tertiary/aromatic N) is 2. The van der Waals surface area contributed by atoms with Crippen LogP contribution in [0.4, 0.5) is 0 Å². The maximum absolute atomic E-state index is 4.31. The van der Waals surface area contributed by atoms with Gasteiger partial charge in [0.1, 0.15) is 0 Å². The van der Waals surface area contributed by atoms with Gasteiger partial charge in [-0.05, 0) is 31.0 Å². The molecule has 0 aliphatic carbocycles. The van der Waals surface area contributed by atoms with Gasteiger partial charge in [-0.2, -0.15) is 0 Å². The van der Waals surface area contributed by atoms with Crippen LogP contribution in [0.5, 0.6) is 0 Å². The average Bonchev–Trinajstić information content (AvgIpc) is 3.02. The van der Waals surface area contributed by atoms with Crippen molar-refractivity contribution >= 4 is 11.3 Å². The number of aryl methyl sites for hydroxylation is 3. The van der Waals surface area contributed by atoms with Crippen molar-refractivity contribution in [1.29, 1.82) is 0 Å². The summed E-state index contributed by atoms with van der Waals surface area (Å²) in [6.45, 7) is 10.8. The molecular weight excluding hydrogens is 266 g/mol. The normalized spacial score (nSPS) is 13.1. The third-order valence-electron chi connectivity index (χ3n) is 3.67. The maximum atomic E-state index is 4.31. The van der Waals surface area contributed by atoms with Crippen LogP contribution < -0.4 is 5.32 Å². The Hall–Kier alpha value is -1.13. The largest absolute Gasteiger partial charge is 0.354 e. The molecule has 1 atom stereocenters. The van der Waals surface area contributed by atoms with Gasteiger partial charge in [0.2, 0.25) is 0 Å². The monoisotopic (exact) mass is 291 g/mol. The molecule has 0 fully saturated rings.